The highest BCUT2D eigenvalue weighted by molar-refractivity contribution is 8.00. The van der Waals surface area contributed by atoms with E-state index in [4.69, 9.17) is 16.3 Å². The van der Waals surface area contributed by atoms with E-state index in [1.165, 1.54) is 36.3 Å². The standard InChI is InChI=1S/C18H17ClN4O3S2/c1-11-21-22-18(28-11)27-10-14-7-15(24)16(26-2)8-23(14)9-17(25)20-13-5-3-12(19)4-6-13/h3-8H,9-10H2,1-2H3,(H,20,25). The minimum atomic E-state index is -0.235. The molecule has 2 heterocycles. The number of carbonyl (C=O) groups is 1. The predicted octanol–water partition coefficient (Wildman–Crippen LogP) is 3.60. The summed E-state index contributed by atoms with van der Waals surface area (Å²) in [5.74, 6) is 0.424. The van der Waals surface area contributed by atoms with Crippen molar-refractivity contribution in [1.82, 2.24) is 14.8 Å². The lowest BCUT2D eigenvalue weighted by molar-refractivity contribution is -0.116. The number of amides is 1. The molecule has 0 bridgehead atoms. The lowest BCUT2D eigenvalue weighted by atomic mass is 10.3. The van der Waals surface area contributed by atoms with Gasteiger partial charge in [0.05, 0.1) is 13.3 Å². The Morgan fingerprint density at radius 3 is 2.71 bits per heavy atom. The summed E-state index contributed by atoms with van der Waals surface area (Å²) in [5, 5.41) is 12.3. The van der Waals surface area contributed by atoms with Gasteiger partial charge in [-0.1, -0.05) is 34.7 Å². The van der Waals surface area contributed by atoms with Crippen molar-refractivity contribution in [2.24, 2.45) is 0 Å². The van der Waals surface area contributed by atoms with Crippen molar-refractivity contribution in [3.05, 3.63) is 62.5 Å². The Kier molecular flexibility index (Phi) is 6.71. The van der Waals surface area contributed by atoms with E-state index < -0.39 is 0 Å². The monoisotopic (exact) mass is 436 g/mol. The Labute approximate surface area is 174 Å². The normalized spacial score (nSPS) is 10.7. The molecule has 1 amide bonds. The van der Waals surface area contributed by atoms with Crippen LogP contribution in [-0.2, 0) is 17.1 Å². The molecule has 3 rings (SSSR count). The SMILES string of the molecule is COc1cn(CC(=O)Nc2ccc(Cl)cc2)c(CSc2nnc(C)s2)cc1=O. The molecule has 0 aliphatic heterocycles. The highest BCUT2D eigenvalue weighted by atomic mass is 35.5. The summed E-state index contributed by atoms with van der Waals surface area (Å²) in [6.07, 6.45) is 1.55. The molecule has 3 aromatic rings. The third-order valence-electron chi connectivity index (χ3n) is 3.70. The van der Waals surface area contributed by atoms with Gasteiger partial charge in [0.15, 0.2) is 10.1 Å². The molecule has 0 aliphatic rings. The van der Waals surface area contributed by atoms with Gasteiger partial charge in [-0.05, 0) is 31.2 Å². The van der Waals surface area contributed by atoms with Crippen LogP contribution in [0, 0.1) is 6.92 Å². The first-order chi connectivity index (χ1) is 13.4. The van der Waals surface area contributed by atoms with Crippen LogP contribution in [0.3, 0.4) is 0 Å². The Hall–Kier alpha value is -2.36. The summed E-state index contributed by atoms with van der Waals surface area (Å²) in [7, 11) is 1.42. The van der Waals surface area contributed by atoms with E-state index in [0.29, 0.717) is 22.2 Å². The van der Waals surface area contributed by atoms with E-state index in [2.05, 4.69) is 15.5 Å². The lowest BCUT2D eigenvalue weighted by Crippen LogP contribution is -2.22. The number of aromatic nitrogens is 3. The largest absolute Gasteiger partial charge is 0.491 e. The number of benzene rings is 1. The van der Waals surface area contributed by atoms with Gasteiger partial charge in [0.2, 0.25) is 11.3 Å². The molecular weight excluding hydrogens is 420 g/mol. The minimum absolute atomic E-state index is 0.0321. The first-order valence-electron chi connectivity index (χ1n) is 8.20. The molecule has 0 atom stereocenters. The fraction of sp³-hybridized carbons (Fsp3) is 0.222. The molecule has 0 spiro atoms. The summed E-state index contributed by atoms with van der Waals surface area (Å²) in [5.41, 5.74) is 1.10. The van der Waals surface area contributed by atoms with E-state index in [1.54, 1.807) is 35.0 Å². The highest BCUT2D eigenvalue weighted by Gasteiger charge is 2.12. The van der Waals surface area contributed by atoms with Crippen LogP contribution in [0.25, 0.3) is 0 Å². The van der Waals surface area contributed by atoms with Crippen LogP contribution in [0.4, 0.5) is 5.69 Å². The van der Waals surface area contributed by atoms with Gasteiger partial charge in [0.25, 0.3) is 0 Å². The van der Waals surface area contributed by atoms with Crippen molar-refractivity contribution in [2.75, 3.05) is 12.4 Å². The second-order valence-electron chi connectivity index (χ2n) is 5.76. The number of carbonyl (C=O) groups excluding carboxylic acids is 1. The summed E-state index contributed by atoms with van der Waals surface area (Å²) >= 11 is 8.80. The second kappa shape index (κ2) is 9.22. The fourth-order valence-corrected chi connectivity index (χ4v) is 4.31. The molecule has 0 unspecified atom stereocenters. The van der Waals surface area contributed by atoms with Crippen LogP contribution >= 0.6 is 34.7 Å². The van der Waals surface area contributed by atoms with Gasteiger partial charge < -0.3 is 14.6 Å². The quantitative estimate of drug-likeness (QED) is 0.569. The molecule has 2 aromatic heterocycles. The zero-order valence-electron chi connectivity index (χ0n) is 15.1. The summed E-state index contributed by atoms with van der Waals surface area (Å²) in [6, 6.07) is 8.33. The molecule has 10 heteroatoms. The van der Waals surface area contributed by atoms with Crippen molar-refractivity contribution in [2.45, 2.75) is 23.6 Å². The molecule has 1 N–H and O–H groups in total. The van der Waals surface area contributed by atoms with E-state index in [0.717, 1.165) is 9.35 Å². The van der Waals surface area contributed by atoms with E-state index in [-0.39, 0.29) is 23.6 Å². The maximum absolute atomic E-state index is 12.5. The number of pyridine rings is 1. The number of nitrogens with one attached hydrogen (secondary N) is 1. The van der Waals surface area contributed by atoms with Crippen LogP contribution in [0.15, 0.2) is 45.7 Å². The van der Waals surface area contributed by atoms with Crippen molar-refractivity contribution in [1.29, 1.82) is 0 Å². The first-order valence-corrected chi connectivity index (χ1v) is 10.4. The summed E-state index contributed by atoms with van der Waals surface area (Å²) in [6.45, 7) is 1.91. The Morgan fingerprint density at radius 1 is 1.32 bits per heavy atom. The topological polar surface area (TPSA) is 86.1 Å². The molecular formula is C18H17ClN4O3S2. The Bertz CT molecular complexity index is 1030. The van der Waals surface area contributed by atoms with Gasteiger partial charge in [0, 0.05) is 28.2 Å². The van der Waals surface area contributed by atoms with E-state index in [9.17, 15) is 9.59 Å². The zero-order chi connectivity index (χ0) is 20.1. The van der Waals surface area contributed by atoms with Crippen molar-refractivity contribution in [3.8, 4) is 5.75 Å². The first kappa shape index (κ1) is 20.4. The number of methoxy groups -OCH3 is 1. The van der Waals surface area contributed by atoms with Gasteiger partial charge in [-0.25, -0.2) is 0 Å². The van der Waals surface area contributed by atoms with Crippen molar-refractivity contribution < 1.29 is 9.53 Å². The molecule has 0 saturated heterocycles. The van der Waals surface area contributed by atoms with Crippen LogP contribution in [0.5, 0.6) is 5.75 Å². The number of hydrogen-bond donors (Lipinski definition) is 1. The third kappa shape index (κ3) is 5.34. The number of thioether (sulfide) groups is 1. The molecule has 1 aromatic carbocycles. The number of aryl methyl sites for hydroxylation is 1. The lowest BCUT2D eigenvalue weighted by Gasteiger charge is -2.14. The van der Waals surface area contributed by atoms with Crippen molar-refractivity contribution in [3.63, 3.8) is 0 Å². The summed E-state index contributed by atoms with van der Waals surface area (Å²) in [4.78, 5) is 24.6. The van der Waals surface area contributed by atoms with Gasteiger partial charge in [-0.15, -0.1) is 10.2 Å². The molecule has 0 saturated carbocycles. The minimum Gasteiger partial charge on any atom is -0.491 e. The van der Waals surface area contributed by atoms with Gasteiger partial charge >= 0.3 is 0 Å². The number of ether oxygens (including phenoxy) is 1. The van der Waals surface area contributed by atoms with Gasteiger partial charge in [-0.2, -0.15) is 0 Å². The second-order valence-corrected chi connectivity index (χ2v) is 8.60. The Morgan fingerprint density at radius 2 is 2.07 bits per heavy atom. The molecule has 7 nitrogen and oxygen atoms in total. The average molecular weight is 437 g/mol. The van der Waals surface area contributed by atoms with Crippen LogP contribution in [-0.4, -0.2) is 27.8 Å². The van der Waals surface area contributed by atoms with Crippen LogP contribution in [0.1, 0.15) is 10.7 Å². The fourth-order valence-electron chi connectivity index (χ4n) is 2.38. The number of anilines is 1. The Balaban J connectivity index is 1.77. The summed E-state index contributed by atoms with van der Waals surface area (Å²) < 4.78 is 7.62. The van der Waals surface area contributed by atoms with Crippen LogP contribution in [0.2, 0.25) is 5.02 Å². The van der Waals surface area contributed by atoms with Gasteiger partial charge in [-0.3, -0.25) is 9.59 Å². The predicted molar refractivity (Wildman–Crippen MR) is 112 cm³/mol. The maximum Gasteiger partial charge on any atom is 0.244 e. The van der Waals surface area contributed by atoms with Crippen molar-refractivity contribution >= 4 is 46.3 Å². The highest BCUT2D eigenvalue weighted by Crippen LogP contribution is 2.25. The molecule has 28 heavy (non-hydrogen) atoms. The number of rotatable bonds is 7. The van der Waals surface area contributed by atoms with Gasteiger partial charge in [0.1, 0.15) is 11.6 Å². The molecule has 0 radical (unpaired) electrons. The van der Waals surface area contributed by atoms with E-state index >= 15 is 0 Å². The smallest absolute Gasteiger partial charge is 0.244 e. The number of halogens is 1. The molecule has 0 fully saturated rings. The molecule has 146 valence electrons. The average Bonchev–Trinajstić information content (AvgIpc) is 3.08. The zero-order valence-corrected chi connectivity index (χ0v) is 17.5. The maximum atomic E-state index is 12.5. The van der Waals surface area contributed by atoms with E-state index in [1.807, 2.05) is 6.92 Å². The number of nitrogens with zero attached hydrogens (tertiary/aromatic N) is 3. The third-order valence-corrected chi connectivity index (χ3v) is 5.95. The van der Waals surface area contributed by atoms with Crippen LogP contribution < -0.4 is 15.5 Å². The molecule has 0 aliphatic carbocycles. The number of hydrogen-bond acceptors (Lipinski definition) is 7.